The molecular formula is C8H12N2S. The summed E-state index contributed by atoms with van der Waals surface area (Å²) < 4.78 is 3.22. The Morgan fingerprint density at radius 1 is 1.45 bits per heavy atom. The van der Waals surface area contributed by atoms with E-state index < -0.39 is 0 Å². The monoisotopic (exact) mass is 168 g/mol. The second-order valence-electron chi connectivity index (χ2n) is 2.54. The molecule has 1 aromatic rings. The smallest absolute Gasteiger partial charge is 0.111 e. The Bertz CT molecular complexity index is 199. The van der Waals surface area contributed by atoms with E-state index in [4.69, 9.17) is 0 Å². The number of hydrogen-bond donors (Lipinski definition) is 1. The third kappa shape index (κ3) is 3.39. The topological polar surface area (TPSA) is 24.9 Å². The van der Waals surface area contributed by atoms with E-state index in [2.05, 4.69) is 23.6 Å². The highest BCUT2D eigenvalue weighted by Gasteiger charge is 1.94. The number of nitrogens with zero attached hydrogens (tertiary/aromatic N) is 1. The Balaban J connectivity index is 2.39. The van der Waals surface area contributed by atoms with E-state index in [9.17, 15) is 0 Å². The lowest BCUT2D eigenvalue weighted by Crippen LogP contribution is -2.13. The summed E-state index contributed by atoms with van der Waals surface area (Å²) in [7, 11) is 0. The van der Waals surface area contributed by atoms with Gasteiger partial charge in [-0.25, -0.2) is 4.98 Å². The first-order chi connectivity index (χ1) is 5.29. The molecule has 60 valence electrons. The summed E-state index contributed by atoms with van der Waals surface area (Å²) in [6, 6.07) is 6.37. The van der Waals surface area contributed by atoms with Crippen LogP contribution in [0.15, 0.2) is 29.4 Å². The standard InChI is InChI=1S/C8H12N2S/c1-7(2)10-11-8-5-3-4-6-9-8/h3-7,10H,1-2H3. The van der Waals surface area contributed by atoms with Crippen LogP contribution in [0.3, 0.4) is 0 Å². The molecule has 0 aliphatic carbocycles. The average molecular weight is 168 g/mol. The SMILES string of the molecule is CC(C)NSc1ccccn1. The summed E-state index contributed by atoms with van der Waals surface area (Å²) >= 11 is 1.57. The van der Waals surface area contributed by atoms with E-state index in [0.29, 0.717) is 6.04 Å². The number of nitrogens with one attached hydrogen (secondary N) is 1. The fraction of sp³-hybridized carbons (Fsp3) is 0.375. The molecule has 0 unspecified atom stereocenters. The van der Waals surface area contributed by atoms with Crippen molar-refractivity contribution in [2.75, 3.05) is 0 Å². The molecule has 0 aliphatic heterocycles. The van der Waals surface area contributed by atoms with Crippen molar-refractivity contribution in [2.24, 2.45) is 0 Å². The molecule has 0 radical (unpaired) electrons. The molecule has 3 heteroatoms. The Labute approximate surface area is 71.6 Å². The molecule has 0 spiro atoms. The third-order valence-electron chi connectivity index (χ3n) is 1.04. The lowest BCUT2D eigenvalue weighted by molar-refractivity contribution is 0.769. The molecule has 0 amide bonds. The van der Waals surface area contributed by atoms with Crippen LogP contribution in [-0.2, 0) is 0 Å². The highest BCUT2D eigenvalue weighted by Crippen LogP contribution is 2.09. The van der Waals surface area contributed by atoms with Crippen LogP contribution in [0.25, 0.3) is 0 Å². The van der Waals surface area contributed by atoms with Crippen LogP contribution in [0.1, 0.15) is 13.8 Å². The fourth-order valence-corrected chi connectivity index (χ4v) is 1.20. The van der Waals surface area contributed by atoms with Gasteiger partial charge in [0.2, 0.25) is 0 Å². The van der Waals surface area contributed by atoms with Crippen molar-refractivity contribution in [3.05, 3.63) is 24.4 Å². The van der Waals surface area contributed by atoms with Gasteiger partial charge in [-0.2, -0.15) is 0 Å². The first-order valence-electron chi connectivity index (χ1n) is 3.62. The minimum atomic E-state index is 0.488. The second-order valence-corrected chi connectivity index (χ2v) is 3.40. The van der Waals surface area contributed by atoms with Gasteiger partial charge in [-0.05, 0) is 37.9 Å². The molecule has 0 aromatic carbocycles. The Morgan fingerprint density at radius 2 is 2.27 bits per heavy atom. The molecule has 0 bridgehead atoms. The maximum absolute atomic E-state index is 4.15. The maximum Gasteiger partial charge on any atom is 0.111 e. The van der Waals surface area contributed by atoms with Gasteiger partial charge < -0.3 is 0 Å². The van der Waals surface area contributed by atoms with E-state index in [1.54, 1.807) is 18.1 Å². The highest BCUT2D eigenvalue weighted by atomic mass is 32.2. The fourth-order valence-electron chi connectivity index (χ4n) is 0.586. The molecule has 2 nitrogen and oxygen atoms in total. The van der Waals surface area contributed by atoms with Crippen LogP contribution in [0.4, 0.5) is 0 Å². The lowest BCUT2D eigenvalue weighted by atomic mass is 10.4. The predicted molar refractivity (Wildman–Crippen MR) is 48.4 cm³/mol. The van der Waals surface area contributed by atoms with E-state index in [-0.39, 0.29) is 0 Å². The molecular weight excluding hydrogens is 156 g/mol. The number of rotatable bonds is 3. The van der Waals surface area contributed by atoms with Gasteiger partial charge in [-0.15, -0.1) is 0 Å². The van der Waals surface area contributed by atoms with E-state index in [0.717, 1.165) is 5.03 Å². The lowest BCUT2D eigenvalue weighted by Gasteiger charge is -2.04. The van der Waals surface area contributed by atoms with Crippen LogP contribution in [0.5, 0.6) is 0 Å². The van der Waals surface area contributed by atoms with E-state index in [1.807, 2.05) is 18.2 Å². The minimum Gasteiger partial charge on any atom is -0.256 e. The van der Waals surface area contributed by atoms with Crippen LogP contribution in [0.2, 0.25) is 0 Å². The van der Waals surface area contributed by atoms with Gasteiger partial charge in [-0.1, -0.05) is 6.07 Å². The van der Waals surface area contributed by atoms with Gasteiger partial charge in [0, 0.05) is 12.2 Å². The van der Waals surface area contributed by atoms with Crippen molar-refractivity contribution in [3.63, 3.8) is 0 Å². The van der Waals surface area contributed by atoms with Crippen molar-refractivity contribution in [1.29, 1.82) is 0 Å². The Kier molecular flexibility index (Phi) is 3.39. The van der Waals surface area contributed by atoms with Crippen molar-refractivity contribution in [3.8, 4) is 0 Å². The van der Waals surface area contributed by atoms with Gasteiger partial charge in [0.05, 0.1) is 0 Å². The van der Waals surface area contributed by atoms with Gasteiger partial charge >= 0.3 is 0 Å². The van der Waals surface area contributed by atoms with Crippen LogP contribution < -0.4 is 4.72 Å². The van der Waals surface area contributed by atoms with Crippen LogP contribution >= 0.6 is 11.9 Å². The Hall–Kier alpha value is -0.540. The normalized spacial score (nSPS) is 10.5. The van der Waals surface area contributed by atoms with E-state index >= 15 is 0 Å². The minimum absolute atomic E-state index is 0.488. The quantitative estimate of drug-likeness (QED) is 0.699. The largest absolute Gasteiger partial charge is 0.256 e. The second kappa shape index (κ2) is 4.36. The molecule has 0 aliphatic rings. The summed E-state index contributed by atoms with van der Waals surface area (Å²) in [5.74, 6) is 0. The molecule has 0 fully saturated rings. The third-order valence-corrected chi connectivity index (χ3v) is 2.08. The van der Waals surface area contributed by atoms with Gasteiger partial charge in [0.15, 0.2) is 0 Å². The summed E-state index contributed by atoms with van der Waals surface area (Å²) in [6.45, 7) is 4.21. The first kappa shape index (κ1) is 8.56. The van der Waals surface area contributed by atoms with Crippen molar-refractivity contribution >= 4 is 11.9 Å². The number of hydrogen-bond acceptors (Lipinski definition) is 3. The molecule has 0 atom stereocenters. The molecule has 0 saturated heterocycles. The first-order valence-corrected chi connectivity index (χ1v) is 4.44. The zero-order valence-electron chi connectivity index (χ0n) is 6.74. The molecule has 1 N–H and O–H groups in total. The van der Waals surface area contributed by atoms with Crippen LogP contribution in [-0.4, -0.2) is 11.0 Å². The molecule has 11 heavy (non-hydrogen) atoms. The summed E-state index contributed by atoms with van der Waals surface area (Å²) in [6.07, 6.45) is 1.80. The highest BCUT2D eigenvalue weighted by molar-refractivity contribution is 7.97. The maximum atomic E-state index is 4.15. The van der Waals surface area contributed by atoms with E-state index in [1.165, 1.54) is 0 Å². The van der Waals surface area contributed by atoms with Crippen molar-refractivity contribution in [1.82, 2.24) is 9.71 Å². The molecule has 0 saturated carbocycles. The summed E-state index contributed by atoms with van der Waals surface area (Å²) in [4.78, 5) is 4.15. The predicted octanol–water partition coefficient (Wildman–Crippen LogP) is 2.09. The Morgan fingerprint density at radius 3 is 2.82 bits per heavy atom. The summed E-state index contributed by atoms with van der Waals surface area (Å²) in [5.41, 5.74) is 0. The number of pyridine rings is 1. The van der Waals surface area contributed by atoms with Gasteiger partial charge in [0.25, 0.3) is 0 Å². The van der Waals surface area contributed by atoms with Gasteiger partial charge in [-0.3, -0.25) is 4.72 Å². The zero-order chi connectivity index (χ0) is 8.10. The molecule has 1 aromatic heterocycles. The molecule has 1 rings (SSSR count). The zero-order valence-corrected chi connectivity index (χ0v) is 7.56. The average Bonchev–Trinajstić information content (AvgIpc) is 2.03. The summed E-state index contributed by atoms with van der Waals surface area (Å²) in [5, 5.41) is 1.02. The number of aromatic nitrogens is 1. The van der Waals surface area contributed by atoms with Crippen molar-refractivity contribution < 1.29 is 0 Å². The van der Waals surface area contributed by atoms with Crippen molar-refractivity contribution in [2.45, 2.75) is 24.9 Å². The van der Waals surface area contributed by atoms with Gasteiger partial charge in [0.1, 0.15) is 5.03 Å². The van der Waals surface area contributed by atoms with Crippen LogP contribution in [0, 0.1) is 0 Å². The molecule has 1 heterocycles.